The van der Waals surface area contributed by atoms with Crippen LogP contribution in [0.15, 0.2) is 11.2 Å². The van der Waals surface area contributed by atoms with E-state index in [1.165, 1.54) is 0 Å². The molecule has 6 nitrogen and oxygen atoms in total. The average Bonchev–Trinajstić information content (AvgIpc) is 2.48. The van der Waals surface area contributed by atoms with E-state index in [9.17, 15) is 0 Å². The molecule has 3 aliphatic rings. The number of hydrogen-bond donors (Lipinski definition) is 2. The lowest BCUT2D eigenvalue weighted by Gasteiger charge is -2.43. The Hall–Kier alpha value is -0.370. The molecule has 0 aromatic heterocycles. The van der Waals surface area contributed by atoms with Crippen molar-refractivity contribution in [2.75, 3.05) is 52.6 Å². The van der Waals surface area contributed by atoms with E-state index in [-0.39, 0.29) is 12.5 Å². The zero-order valence-corrected chi connectivity index (χ0v) is 11.7. The van der Waals surface area contributed by atoms with Gasteiger partial charge in [-0.05, 0) is 6.08 Å². The number of rotatable bonds is 2. The van der Waals surface area contributed by atoms with Gasteiger partial charge in [-0.25, -0.2) is 0 Å². The Kier molecular flexibility index (Phi) is 4.57. The molecule has 108 valence electrons. The van der Waals surface area contributed by atoms with E-state index >= 15 is 0 Å². The molecule has 19 heavy (non-hydrogen) atoms. The fraction of sp³-hybridized carbons (Fsp3) is 0.833. The Morgan fingerprint density at radius 3 is 2.21 bits per heavy atom. The first kappa shape index (κ1) is 13.6. The minimum absolute atomic E-state index is 0.0780. The van der Waals surface area contributed by atoms with Crippen LogP contribution in [0, 0.1) is 0 Å². The smallest absolute Gasteiger partial charge is 0.137 e. The molecule has 3 aliphatic heterocycles. The fourth-order valence-corrected chi connectivity index (χ4v) is 2.89. The second kappa shape index (κ2) is 6.39. The summed E-state index contributed by atoms with van der Waals surface area (Å²) in [6.45, 7) is 6.86. The topological polar surface area (TPSA) is 49.0 Å². The molecule has 2 atom stereocenters. The van der Waals surface area contributed by atoms with E-state index in [0.29, 0.717) is 5.16 Å². The molecule has 2 unspecified atom stereocenters. The van der Waals surface area contributed by atoms with Crippen LogP contribution in [0.1, 0.15) is 0 Å². The van der Waals surface area contributed by atoms with Gasteiger partial charge in [0.25, 0.3) is 0 Å². The minimum Gasteiger partial charge on any atom is -0.379 e. The lowest BCUT2D eigenvalue weighted by molar-refractivity contribution is -0.0234. The molecular weight excluding hydrogens is 268 g/mol. The van der Waals surface area contributed by atoms with E-state index in [1.54, 1.807) is 0 Å². The van der Waals surface area contributed by atoms with Gasteiger partial charge < -0.3 is 14.8 Å². The van der Waals surface area contributed by atoms with Crippen LogP contribution in [0.5, 0.6) is 0 Å². The number of ether oxygens (including phenoxy) is 2. The average molecular weight is 289 g/mol. The lowest BCUT2D eigenvalue weighted by atomic mass is 10.3. The number of hydrogen-bond acceptors (Lipinski definition) is 6. The third-order valence-corrected chi connectivity index (χ3v) is 3.99. The molecule has 3 heterocycles. The molecule has 2 N–H and O–H groups in total. The van der Waals surface area contributed by atoms with Crippen LogP contribution in [0.3, 0.4) is 0 Å². The van der Waals surface area contributed by atoms with Gasteiger partial charge in [-0.3, -0.25) is 15.1 Å². The summed E-state index contributed by atoms with van der Waals surface area (Å²) in [5, 5.41) is 7.59. The maximum absolute atomic E-state index is 6.24. The highest BCUT2D eigenvalue weighted by Crippen LogP contribution is 2.14. The molecule has 2 saturated heterocycles. The molecule has 0 aromatic carbocycles. The second-order valence-electron chi connectivity index (χ2n) is 4.97. The predicted octanol–water partition coefficient (Wildman–Crippen LogP) is -0.466. The van der Waals surface area contributed by atoms with Crippen LogP contribution in [0.25, 0.3) is 0 Å². The maximum Gasteiger partial charge on any atom is 0.137 e. The minimum atomic E-state index is 0.0780. The summed E-state index contributed by atoms with van der Waals surface area (Å²) in [6.07, 6.45) is 2.28. The predicted molar refractivity (Wildman–Crippen MR) is 72.6 cm³/mol. The first-order chi connectivity index (χ1) is 9.33. The summed E-state index contributed by atoms with van der Waals surface area (Å²) in [6, 6.07) is 0. The number of nitrogens with one attached hydrogen (secondary N) is 2. The van der Waals surface area contributed by atoms with E-state index in [1.807, 2.05) is 6.08 Å². The van der Waals surface area contributed by atoms with Gasteiger partial charge in [-0.2, -0.15) is 0 Å². The first-order valence-electron chi connectivity index (χ1n) is 6.86. The van der Waals surface area contributed by atoms with Crippen molar-refractivity contribution in [3.05, 3.63) is 11.2 Å². The number of nitrogens with zero attached hydrogens (tertiary/aromatic N) is 2. The first-order valence-corrected chi connectivity index (χ1v) is 7.24. The van der Waals surface area contributed by atoms with Gasteiger partial charge in [-0.15, -0.1) is 0 Å². The van der Waals surface area contributed by atoms with E-state index < -0.39 is 0 Å². The number of halogens is 1. The van der Waals surface area contributed by atoms with Crippen molar-refractivity contribution in [1.29, 1.82) is 0 Å². The van der Waals surface area contributed by atoms with Crippen molar-refractivity contribution in [1.82, 2.24) is 20.4 Å². The normalized spacial score (nSPS) is 34.7. The van der Waals surface area contributed by atoms with E-state index in [2.05, 4.69) is 20.4 Å². The SMILES string of the molecule is ClC1=CC(N2CCOCC2)NC(N2CCOCC2)N1. The van der Waals surface area contributed by atoms with Gasteiger partial charge in [0, 0.05) is 26.2 Å². The lowest BCUT2D eigenvalue weighted by Crippen LogP contribution is -2.65. The molecule has 2 fully saturated rings. The molecule has 0 amide bonds. The Bertz CT molecular complexity index is 330. The largest absolute Gasteiger partial charge is 0.379 e. The zero-order chi connectivity index (χ0) is 13.1. The third kappa shape index (κ3) is 3.39. The Labute approximate surface area is 118 Å². The van der Waals surface area contributed by atoms with Crippen molar-refractivity contribution in [3.63, 3.8) is 0 Å². The highest BCUT2D eigenvalue weighted by atomic mass is 35.5. The summed E-state index contributed by atoms with van der Waals surface area (Å²) in [5.74, 6) is 0. The van der Waals surface area contributed by atoms with Crippen molar-refractivity contribution < 1.29 is 9.47 Å². The zero-order valence-electron chi connectivity index (χ0n) is 11.0. The maximum atomic E-state index is 6.24. The summed E-state index contributed by atoms with van der Waals surface area (Å²) >= 11 is 6.24. The van der Waals surface area contributed by atoms with Gasteiger partial charge in [-0.1, -0.05) is 11.6 Å². The van der Waals surface area contributed by atoms with Gasteiger partial charge in [0.1, 0.15) is 11.4 Å². The standard InChI is InChI=1S/C12H21ClN4O2/c13-10-9-11(16-1-5-18-6-2-16)15-12(14-10)17-3-7-19-8-4-17/h9,11-12,14-15H,1-8H2. The molecule has 0 saturated carbocycles. The van der Waals surface area contributed by atoms with Crippen molar-refractivity contribution in [3.8, 4) is 0 Å². The van der Waals surface area contributed by atoms with Crippen LogP contribution in [0.2, 0.25) is 0 Å². The van der Waals surface area contributed by atoms with Gasteiger partial charge in [0.2, 0.25) is 0 Å². The van der Waals surface area contributed by atoms with Gasteiger partial charge in [0.15, 0.2) is 0 Å². The van der Waals surface area contributed by atoms with E-state index in [4.69, 9.17) is 21.1 Å². The van der Waals surface area contributed by atoms with Gasteiger partial charge in [0.05, 0.1) is 32.6 Å². The summed E-state index contributed by atoms with van der Waals surface area (Å²) in [4.78, 5) is 4.69. The summed E-state index contributed by atoms with van der Waals surface area (Å²) in [5.41, 5.74) is 0. The van der Waals surface area contributed by atoms with Crippen LogP contribution in [0.4, 0.5) is 0 Å². The molecule has 0 radical (unpaired) electrons. The molecule has 0 spiro atoms. The Balaban J connectivity index is 1.63. The Morgan fingerprint density at radius 2 is 1.58 bits per heavy atom. The van der Waals surface area contributed by atoms with Crippen molar-refractivity contribution in [2.45, 2.75) is 12.5 Å². The molecule has 0 bridgehead atoms. The molecule has 0 aliphatic carbocycles. The quantitative estimate of drug-likeness (QED) is 0.671. The molecular formula is C12H21ClN4O2. The Morgan fingerprint density at radius 1 is 1.00 bits per heavy atom. The van der Waals surface area contributed by atoms with E-state index in [0.717, 1.165) is 52.6 Å². The third-order valence-electron chi connectivity index (χ3n) is 3.76. The molecule has 7 heteroatoms. The highest BCUT2D eigenvalue weighted by molar-refractivity contribution is 6.29. The van der Waals surface area contributed by atoms with Gasteiger partial charge >= 0.3 is 0 Å². The second-order valence-corrected chi connectivity index (χ2v) is 5.38. The van der Waals surface area contributed by atoms with Crippen molar-refractivity contribution >= 4 is 11.6 Å². The monoisotopic (exact) mass is 288 g/mol. The van der Waals surface area contributed by atoms with Crippen LogP contribution < -0.4 is 10.6 Å². The van der Waals surface area contributed by atoms with Crippen LogP contribution >= 0.6 is 11.6 Å². The summed E-state index contributed by atoms with van der Waals surface area (Å²) in [7, 11) is 0. The van der Waals surface area contributed by atoms with Crippen molar-refractivity contribution in [2.24, 2.45) is 0 Å². The highest BCUT2D eigenvalue weighted by Gasteiger charge is 2.30. The fourth-order valence-electron chi connectivity index (χ4n) is 2.67. The molecule has 3 rings (SSSR count). The van der Waals surface area contributed by atoms with Crippen LogP contribution in [-0.4, -0.2) is 74.9 Å². The molecule has 0 aromatic rings. The van der Waals surface area contributed by atoms with Crippen LogP contribution in [-0.2, 0) is 9.47 Å². The summed E-state index contributed by atoms with van der Waals surface area (Å²) < 4.78 is 10.8. The number of morpholine rings is 2.